The van der Waals surface area contributed by atoms with Gasteiger partial charge < -0.3 is 5.32 Å². The summed E-state index contributed by atoms with van der Waals surface area (Å²) in [4.78, 5) is 12.2. The van der Waals surface area contributed by atoms with Gasteiger partial charge in [-0.2, -0.15) is 0 Å². The number of benzene rings is 2. The number of anilines is 1. The summed E-state index contributed by atoms with van der Waals surface area (Å²) < 4.78 is 25.1. The van der Waals surface area contributed by atoms with E-state index in [0.717, 1.165) is 21.7 Å². The number of nitrogens with one attached hydrogen (secondary N) is 1. The number of carbonyl (C=O) groups excluding carboxylic acids is 1. The van der Waals surface area contributed by atoms with E-state index in [2.05, 4.69) is 5.32 Å². The van der Waals surface area contributed by atoms with Crippen LogP contribution in [0.5, 0.6) is 0 Å². The maximum atomic E-state index is 12.2. The van der Waals surface area contributed by atoms with Crippen LogP contribution in [0.3, 0.4) is 0 Å². The number of sulfonamides is 1. The van der Waals surface area contributed by atoms with E-state index >= 15 is 0 Å². The Kier molecular flexibility index (Phi) is 6.32. The predicted octanol–water partition coefficient (Wildman–Crippen LogP) is 3.38. The van der Waals surface area contributed by atoms with Crippen molar-refractivity contribution >= 4 is 44.8 Å². The molecule has 0 saturated carbocycles. The molecule has 0 unspecified atom stereocenters. The zero-order chi connectivity index (χ0) is 18.6. The molecule has 5 nitrogen and oxygen atoms in total. The summed E-state index contributed by atoms with van der Waals surface area (Å²) >= 11 is 11.8. The van der Waals surface area contributed by atoms with E-state index in [4.69, 9.17) is 23.2 Å². The van der Waals surface area contributed by atoms with Crippen LogP contribution in [0.15, 0.2) is 42.5 Å². The van der Waals surface area contributed by atoms with Gasteiger partial charge in [0.05, 0.1) is 22.0 Å². The number of hydrogen-bond donors (Lipinski definition) is 1. The Labute approximate surface area is 157 Å². The van der Waals surface area contributed by atoms with Crippen LogP contribution < -0.4 is 9.62 Å². The third-order valence-electron chi connectivity index (χ3n) is 3.62. The Morgan fingerprint density at radius 2 is 1.80 bits per heavy atom. The zero-order valence-corrected chi connectivity index (χ0v) is 16.1. The van der Waals surface area contributed by atoms with Crippen molar-refractivity contribution in [2.45, 2.75) is 13.5 Å². The van der Waals surface area contributed by atoms with Crippen LogP contribution in [0.2, 0.25) is 10.0 Å². The molecule has 0 bridgehead atoms. The average Bonchev–Trinajstić information content (AvgIpc) is 2.53. The SMILES string of the molecule is Cc1ccccc1CNC(=O)CN(c1ccc(Cl)c(Cl)c1)S(C)(=O)=O. The van der Waals surface area contributed by atoms with Crippen LogP contribution in [0, 0.1) is 6.92 Å². The minimum Gasteiger partial charge on any atom is -0.350 e. The summed E-state index contributed by atoms with van der Waals surface area (Å²) in [5.41, 5.74) is 2.30. The van der Waals surface area contributed by atoms with Gasteiger partial charge in [0.25, 0.3) is 0 Å². The topological polar surface area (TPSA) is 66.5 Å². The molecule has 0 aromatic heterocycles. The molecule has 25 heavy (non-hydrogen) atoms. The molecule has 0 aliphatic heterocycles. The van der Waals surface area contributed by atoms with Gasteiger partial charge in [-0.1, -0.05) is 47.5 Å². The second kappa shape index (κ2) is 8.08. The van der Waals surface area contributed by atoms with Crippen molar-refractivity contribution in [3.63, 3.8) is 0 Å². The van der Waals surface area contributed by atoms with Crippen LogP contribution in [-0.2, 0) is 21.4 Å². The molecule has 1 amide bonds. The fourth-order valence-corrected chi connectivity index (χ4v) is 3.37. The molecule has 134 valence electrons. The van der Waals surface area contributed by atoms with E-state index in [9.17, 15) is 13.2 Å². The molecule has 1 N–H and O–H groups in total. The molecule has 0 aliphatic rings. The molecule has 2 aromatic rings. The summed E-state index contributed by atoms with van der Waals surface area (Å²) in [6, 6.07) is 12.1. The summed E-state index contributed by atoms with van der Waals surface area (Å²) in [5, 5.41) is 3.26. The lowest BCUT2D eigenvalue weighted by Crippen LogP contribution is -2.40. The summed E-state index contributed by atoms with van der Waals surface area (Å²) in [7, 11) is -3.66. The second-order valence-corrected chi connectivity index (χ2v) is 8.29. The molecule has 8 heteroatoms. The molecule has 0 atom stereocenters. The monoisotopic (exact) mass is 400 g/mol. The Hall–Kier alpha value is -1.76. The lowest BCUT2D eigenvalue weighted by Gasteiger charge is -2.22. The van der Waals surface area contributed by atoms with Gasteiger partial charge in [0.2, 0.25) is 15.9 Å². The lowest BCUT2D eigenvalue weighted by atomic mass is 10.1. The number of amides is 1. The van der Waals surface area contributed by atoms with Gasteiger partial charge in [-0.15, -0.1) is 0 Å². The lowest BCUT2D eigenvalue weighted by molar-refractivity contribution is -0.119. The van der Waals surface area contributed by atoms with E-state index in [1.165, 1.54) is 18.2 Å². The van der Waals surface area contributed by atoms with Gasteiger partial charge in [-0.3, -0.25) is 9.10 Å². The van der Waals surface area contributed by atoms with E-state index < -0.39 is 15.9 Å². The number of hydrogen-bond acceptors (Lipinski definition) is 3. The highest BCUT2D eigenvalue weighted by atomic mass is 35.5. The van der Waals surface area contributed by atoms with Crippen LogP contribution in [-0.4, -0.2) is 27.1 Å². The van der Waals surface area contributed by atoms with Crippen LogP contribution in [0.1, 0.15) is 11.1 Å². The van der Waals surface area contributed by atoms with E-state index in [0.29, 0.717) is 11.6 Å². The molecule has 2 rings (SSSR count). The number of rotatable bonds is 6. The fourth-order valence-electron chi connectivity index (χ4n) is 2.23. The Bertz CT molecular complexity index is 885. The molecular weight excluding hydrogens is 383 g/mol. The van der Waals surface area contributed by atoms with Crippen molar-refractivity contribution in [3.05, 3.63) is 63.6 Å². The minimum absolute atomic E-state index is 0.216. The molecule has 2 aromatic carbocycles. The Morgan fingerprint density at radius 3 is 2.40 bits per heavy atom. The first kappa shape index (κ1) is 19.6. The van der Waals surface area contributed by atoms with E-state index in [-0.39, 0.29) is 17.3 Å². The normalized spacial score (nSPS) is 11.2. The summed E-state index contributed by atoms with van der Waals surface area (Å²) in [5.74, 6) is -0.417. The van der Waals surface area contributed by atoms with Crippen molar-refractivity contribution < 1.29 is 13.2 Å². The van der Waals surface area contributed by atoms with Gasteiger partial charge in [0.1, 0.15) is 6.54 Å². The third kappa shape index (κ3) is 5.36. The van der Waals surface area contributed by atoms with Crippen LogP contribution in [0.25, 0.3) is 0 Å². The molecule has 0 aliphatic carbocycles. The smallest absolute Gasteiger partial charge is 0.241 e. The molecule has 0 spiro atoms. The van der Waals surface area contributed by atoms with E-state index in [1.54, 1.807) is 0 Å². The first-order valence-electron chi connectivity index (χ1n) is 7.42. The maximum Gasteiger partial charge on any atom is 0.241 e. The summed E-state index contributed by atoms with van der Waals surface area (Å²) in [6.45, 7) is 1.92. The van der Waals surface area contributed by atoms with Crippen LogP contribution >= 0.6 is 23.2 Å². The number of carbonyl (C=O) groups is 1. The van der Waals surface area contributed by atoms with E-state index in [1.807, 2.05) is 31.2 Å². The Balaban J connectivity index is 2.13. The highest BCUT2D eigenvalue weighted by Gasteiger charge is 2.21. The zero-order valence-electron chi connectivity index (χ0n) is 13.8. The fraction of sp³-hybridized carbons (Fsp3) is 0.235. The largest absolute Gasteiger partial charge is 0.350 e. The van der Waals surface area contributed by atoms with Crippen molar-refractivity contribution in [2.24, 2.45) is 0 Å². The Morgan fingerprint density at radius 1 is 1.12 bits per heavy atom. The van der Waals surface area contributed by atoms with Crippen molar-refractivity contribution in [1.29, 1.82) is 0 Å². The number of aryl methyl sites for hydroxylation is 1. The highest BCUT2D eigenvalue weighted by molar-refractivity contribution is 7.92. The van der Waals surface area contributed by atoms with Crippen molar-refractivity contribution in [3.8, 4) is 0 Å². The first-order valence-corrected chi connectivity index (χ1v) is 10.0. The van der Waals surface area contributed by atoms with Gasteiger partial charge in [-0.25, -0.2) is 8.42 Å². The minimum atomic E-state index is -3.66. The quantitative estimate of drug-likeness (QED) is 0.807. The molecule has 0 radical (unpaired) electrons. The van der Waals surface area contributed by atoms with Crippen molar-refractivity contribution in [1.82, 2.24) is 5.32 Å². The van der Waals surface area contributed by atoms with Gasteiger partial charge in [-0.05, 0) is 36.2 Å². The molecule has 0 saturated heterocycles. The second-order valence-electron chi connectivity index (χ2n) is 5.57. The predicted molar refractivity (Wildman–Crippen MR) is 102 cm³/mol. The highest BCUT2D eigenvalue weighted by Crippen LogP contribution is 2.28. The average molecular weight is 401 g/mol. The van der Waals surface area contributed by atoms with Gasteiger partial charge >= 0.3 is 0 Å². The molecule has 0 fully saturated rings. The first-order chi connectivity index (χ1) is 11.7. The molecular formula is C17H18Cl2N2O3S. The van der Waals surface area contributed by atoms with Gasteiger partial charge in [0.15, 0.2) is 0 Å². The molecule has 0 heterocycles. The number of nitrogens with zero attached hydrogens (tertiary/aromatic N) is 1. The van der Waals surface area contributed by atoms with Crippen molar-refractivity contribution in [2.75, 3.05) is 17.1 Å². The standard InChI is InChI=1S/C17H18Cl2N2O3S/c1-12-5-3-4-6-13(12)10-20-17(22)11-21(25(2,23)24)14-7-8-15(18)16(19)9-14/h3-9H,10-11H2,1-2H3,(H,20,22). The third-order valence-corrected chi connectivity index (χ3v) is 5.50. The maximum absolute atomic E-state index is 12.2. The van der Waals surface area contributed by atoms with Gasteiger partial charge in [0, 0.05) is 6.54 Å². The number of halogens is 2. The van der Waals surface area contributed by atoms with Crippen LogP contribution in [0.4, 0.5) is 5.69 Å². The summed E-state index contributed by atoms with van der Waals surface area (Å²) in [6.07, 6.45) is 1.03.